The molecule has 1 aromatic rings. The van der Waals surface area contributed by atoms with Gasteiger partial charge >= 0.3 is 5.97 Å². The molecule has 0 amide bonds. The van der Waals surface area contributed by atoms with Crippen LogP contribution in [0.25, 0.3) is 0 Å². The highest BCUT2D eigenvalue weighted by Gasteiger charge is 2.38. The van der Waals surface area contributed by atoms with Crippen LogP contribution in [-0.2, 0) is 21.2 Å². The predicted molar refractivity (Wildman–Crippen MR) is 73.4 cm³/mol. The van der Waals surface area contributed by atoms with Crippen molar-refractivity contribution in [3.63, 3.8) is 0 Å². The Kier molecular flexibility index (Phi) is 4.70. The first-order valence-corrected chi connectivity index (χ1v) is 7.53. The minimum Gasteiger partial charge on any atom is -0.480 e. The highest BCUT2D eigenvalue weighted by Crippen LogP contribution is 2.18. The van der Waals surface area contributed by atoms with Crippen LogP contribution in [0.3, 0.4) is 0 Å². The number of rotatable bonds is 6. The Morgan fingerprint density at radius 2 is 1.79 bits per heavy atom. The van der Waals surface area contributed by atoms with E-state index in [4.69, 9.17) is 5.11 Å². The number of aliphatic carboxylic acids is 1. The van der Waals surface area contributed by atoms with E-state index in [-0.39, 0.29) is 5.75 Å². The monoisotopic (exact) mass is 285 g/mol. The van der Waals surface area contributed by atoms with Crippen LogP contribution in [0.2, 0.25) is 0 Å². The number of carboxylic acid groups (broad SMARTS) is 1. The Balaban J connectivity index is 2.79. The standard InChI is InChI=1S/C13H19NO4S/c1-13(2,12(15)16)14(3)19(17,18)10-9-11-7-5-4-6-8-11/h4-8H,9-10H2,1-3H3,(H,15,16). The van der Waals surface area contributed by atoms with E-state index in [9.17, 15) is 13.2 Å². The molecule has 1 aromatic carbocycles. The van der Waals surface area contributed by atoms with Gasteiger partial charge in [-0.3, -0.25) is 4.79 Å². The zero-order valence-corrected chi connectivity index (χ0v) is 12.1. The Morgan fingerprint density at radius 3 is 2.26 bits per heavy atom. The molecule has 0 saturated carbocycles. The maximum atomic E-state index is 12.1. The maximum Gasteiger partial charge on any atom is 0.324 e. The Bertz CT molecular complexity index is 537. The molecule has 0 radical (unpaired) electrons. The first kappa shape index (κ1) is 15.7. The molecule has 0 aliphatic rings. The van der Waals surface area contributed by atoms with Crippen molar-refractivity contribution in [1.82, 2.24) is 4.31 Å². The van der Waals surface area contributed by atoms with Gasteiger partial charge in [0.05, 0.1) is 5.75 Å². The molecule has 0 heterocycles. The van der Waals surface area contributed by atoms with Gasteiger partial charge in [-0.05, 0) is 25.8 Å². The fourth-order valence-corrected chi connectivity index (χ4v) is 3.05. The summed E-state index contributed by atoms with van der Waals surface area (Å²) in [4.78, 5) is 11.1. The Hall–Kier alpha value is -1.40. The molecular weight excluding hydrogens is 266 g/mol. The van der Waals surface area contributed by atoms with Crippen LogP contribution >= 0.6 is 0 Å². The smallest absolute Gasteiger partial charge is 0.324 e. The summed E-state index contributed by atoms with van der Waals surface area (Å²) < 4.78 is 25.2. The van der Waals surface area contributed by atoms with E-state index in [0.29, 0.717) is 6.42 Å². The zero-order chi connectivity index (χ0) is 14.7. The van der Waals surface area contributed by atoms with Crippen LogP contribution in [0.15, 0.2) is 30.3 Å². The molecule has 0 bridgehead atoms. The SMILES string of the molecule is CN(C(C)(C)C(=O)O)S(=O)(=O)CCc1ccccc1. The molecular formula is C13H19NO4S. The Morgan fingerprint density at radius 1 is 1.26 bits per heavy atom. The third-order valence-corrected chi connectivity index (χ3v) is 5.23. The fraction of sp³-hybridized carbons (Fsp3) is 0.462. The van der Waals surface area contributed by atoms with Crippen molar-refractivity contribution in [3.8, 4) is 0 Å². The van der Waals surface area contributed by atoms with Crippen molar-refractivity contribution < 1.29 is 18.3 Å². The van der Waals surface area contributed by atoms with Gasteiger partial charge in [-0.25, -0.2) is 8.42 Å². The lowest BCUT2D eigenvalue weighted by molar-refractivity contribution is -0.145. The van der Waals surface area contributed by atoms with Gasteiger partial charge in [0.25, 0.3) is 0 Å². The number of hydrogen-bond acceptors (Lipinski definition) is 3. The number of carboxylic acids is 1. The summed E-state index contributed by atoms with van der Waals surface area (Å²) in [6.45, 7) is 2.74. The number of sulfonamides is 1. The number of benzene rings is 1. The summed E-state index contributed by atoms with van der Waals surface area (Å²) in [5.41, 5.74) is -0.539. The summed E-state index contributed by atoms with van der Waals surface area (Å²) in [6, 6.07) is 9.23. The van der Waals surface area contributed by atoms with Crippen LogP contribution < -0.4 is 0 Å². The highest BCUT2D eigenvalue weighted by molar-refractivity contribution is 7.89. The molecule has 1 rings (SSSR count). The van der Waals surface area contributed by atoms with Crippen LogP contribution in [0.5, 0.6) is 0 Å². The third kappa shape index (κ3) is 3.78. The maximum absolute atomic E-state index is 12.1. The molecule has 19 heavy (non-hydrogen) atoms. The molecule has 1 N–H and O–H groups in total. The lowest BCUT2D eigenvalue weighted by atomic mass is 10.1. The van der Waals surface area contributed by atoms with Crippen molar-refractivity contribution in [2.24, 2.45) is 0 Å². The van der Waals surface area contributed by atoms with Crippen LogP contribution in [-0.4, -0.2) is 42.1 Å². The molecule has 5 nitrogen and oxygen atoms in total. The van der Waals surface area contributed by atoms with E-state index in [2.05, 4.69) is 0 Å². The molecule has 0 aliphatic heterocycles. The minimum absolute atomic E-state index is 0.107. The summed E-state index contributed by atoms with van der Waals surface area (Å²) in [5, 5.41) is 9.05. The van der Waals surface area contributed by atoms with Crippen molar-refractivity contribution in [1.29, 1.82) is 0 Å². The van der Waals surface area contributed by atoms with Crippen LogP contribution in [0.1, 0.15) is 19.4 Å². The second kappa shape index (κ2) is 5.71. The van der Waals surface area contributed by atoms with E-state index >= 15 is 0 Å². The topological polar surface area (TPSA) is 74.7 Å². The van der Waals surface area contributed by atoms with Gasteiger partial charge < -0.3 is 5.11 Å². The molecule has 0 spiro atoms. The summed E-state index contributed by atoms with van der Waals surface area (Å²) in [7, 11) is -2.31. The van der Waals surface area contributed by atoms with Crippen molar-refractivity contribution in [2.45, 2.75) is 25.8 Å². The lowest BCUT2D eigenvalue weighted by Crippen LogP contribution is -2.51. The first-order valence-electron chi connectivity index (χ1n) is 5.92. The van der Waals surface area contributed by atoms with Crippen LogP contribution in [0.4, 0.5) is 0 Å². The van der Waals surface area contributed by atoms with Gasteiger partial charge in [-0.15, -0.1) is 0 Å². The number of carbonyl (C=O) groups is 1. The van der Waals surface area contributed by atoms with Gasteiger partial charge in [-0.2, -0.15) is 4.31 Å². The summed E-state index contributed by atoms with van der Waals surface area (Å²) in [6.07, 6.45) is 0.364. The average molecular weight is 285 g/mol. The van der Waals surface area contributed by atoms with E-state index in [1.54, 1.807) is 0 Å². The van der Waals surface area contributed by atoms with E-state index in [1.807, 2.05) is 30.3 Å². The second-order valence-electron chi connectivity index (χ2n) is 4.88. The van der Waals surface area contributed by atoms with E-state index in [1.165, 1.54) is 20.9 Å². The van der Waals surface area contributed by atoms with Gasteiger partial charge in [-0.1, -0.05) is 30.3 Å². The molecule has 0 fully saturated rings. The number of nitrogens with zero attached hydrogens (tertiary/aromatic N) is 1. The molecule has 0 saturated heterocycles. The van der Waals surface area contributed by atoms with Crippen LogP contribution in [0, 0.1) is 0 Å². The molecule has 106 valence electrons. The minimum atomic E-state index is -3.61. The summed E-state index contributed by atoms with van der Waals surface area (Å²) >= 11 is 0. The quantitative estimate of drug-likeness (QED) is 0.856. The lowest BCUT2D eigenvalue weighted by Gasteiger charge is -2.30. The van der Waals surface area contributed by atoms with Crippen molar-refractivity contribution in [2.75, 3.05) is 12.8 Å². The largest absolute Gasteiger partial charge is 0.480 e. The van der Waals surface area contributed by atoms with Gasteiger partial charge in [0.2, 0.25) is 10.0 Å². The zero-order valence-electron chi connectivity index (χ0n) is 11.3. The van der Waals surface area contributed by atoms with Gasteiger partial charge in [0, 0.05) is 7.05 Å². The molecule has 6 heteroatoms. The average Bonchev–Trinajstić information content (AvgIpc) is 2.36. The number of aryl methyl sites for hydroxylation is 1. The normalized spacial score (nSPS) is 12.6. The van der Waals surface area contributed by atoms with E-state index < -0.39 is 21.5 Å². The molecule has 0 aromatic heterocycles. The van der Waals surface area contributed by atoms with Gasteiger partial charge in [0.15, 0.2) is 0 Å². The number of likely N-dealkylation sites (N-methyl/N-ethyl adjacent to an activating group) is 1. The van der Waals surface area contributed by atoms with E-state index in [0.717, 1.165) is 9.87 Å². The van der Waals surface area contributed by atoms with Crippen molar-refractivity contribution in [3.05, 3.63) is 35.9 Å². The third-order valence-electron chi connectivity index (χ3n) is 3.22. The molecule has 0 aliphatic carbocycles. The predicted octanol–water partition coefficient (Wildman–Crippen LogP) is 1.35. The Labute approximate surface area is 113 Å². The summed E-state index contributed by atoms with van der Waals surface area (Å²) in [5.74, 6) is -1.28. The van der Waals surface area contributed by atoms with Gasteiger partial charge in [0.1, 0.15) is 5.54 Å². The molecule has 0 unspecified atom stereocenters. The number of hydrogen-bond donors (Lipinski definition) is 1. The highest BCUT2D eigenvalue weighted by atomic mass is 32.2. The molecule has 0 atom stereocenters. The first-order chi connectivity index (χ1) is 8.68. The van der Waals surface area contributed by atoms with Crippen molar-refractivity contribution >= 4 is 16.0 Å². The second-order valence-corrected chi connectivity index (χ2v) is 7.00. The fourth-order valence-electron chi connectivity index (χ4n) is 1.51.